The van der Waals surface area contributed by atoms with Crippen LogP contribution in [0.25, 0.3) is 0 Å². The standard InChI is InChI=1S/C69H88N4O25/c1-38(74)70-54-62(88-42(5)78)59(51(92-66(54)82)35-85-31-47-24-16-11-17-25-47)96-68-56(72-40(3)76)64(90-44(7)80)61(53(94-68)37-87-33-49-28-20-13-21-29-49)98-69-57(73-41(4)77)65(91-45(8)81)60(52(95-69)36-86-32-48-26-18-12-19-27-48)97-67-55(71-39(2)75)63(89-43(6)79)58(83-9)50(93-67)34-84-30-46-22-14-10-15-23-46/h10-29,50-69,82H,30-37H2,1-9H3,(H,70,74)(H,71,75)(H,72,76)(H,73,77)/t50-,51-,52-,53-,54-,55-,56-,57-,58+,59+,60+,61+,62-,63-,64-,65-,66+,67-,68-,69-/m1/s1. The number of aliphatic hydroxyl groups is 1. The summed E-state index contributed by atoms with van der Waals surface area (Å²) in [5.41, 5.74) is 3.02. The number of rotatable bonds is 31. The molecule has 0 unspecified atom stereocenters. The number of carbonyl (C=O) groups is 8. The molecule has 29 heteroatoms. The average molecular weight is 1370 g/mol. The Bertz CT molecular complexity index is 3210. The molecule has 4 aliphatic rings. The van der Waals surface area contributed by atoms with Gasteiger partial charge in [0.15, 0.2) is 49.6 Å². The fourth-order valence-electron chi connectivity index (χ4n) is 12.1. The lowest BCUT2D eigenvalue weighted by Crippen LogP contribution is -2.72. The Labute approximate surface area is 567 Å². The van der Waals surface area contributed by atoms with Crippen molar-refractivity contribution in [2.24, 2.45) is 0 Å². The van der Waals surface area contributed by atoms with Crippen molar-refractivity contribution in [2.75, 3.05) is 33.5 Å². The molecule has 98 heavy (non-hydrogen) atoms. The molecular formula is C69H88N4O25. The molecule has 4 saturated heterocycles. The Morgan fingerprint density at radius 2 is 0.571 bits per heavy atom. The number of nitrogens with one attached hydrogen (secondary N) is 4. The number of hydrogen-bond acceptors (Lipinski definition) is 25. The number of amides is 4. The Hall–Kier alpha value is -7.88. The second-order valence-corrected chi connectivity index (χ2v) is 23.9. The van der Waals surface area contributed by atoms with Gasteiger partial charge in [-0.1, -0.05) is 121 Å². The molecule has 0 bridgehead atoms. The predicted molar refractivity (Wildman–Crippen MR) is 339 cm³/mol. The van der Waals surface area contributed by atoms with Gasteiger partial charge >= 0.3 is 23.9 Å². The number of esters is 4. The Balaban J connectivity index is 1.23. The third-order valence-corrected chi connectivity index (χ3v) is 16.0. The van der Waals surface area contributed by atoms with Crippen LogP contribution in [0.15, 0.2) is 121 Å². The number of benzene rings is 4. The molecule has 4 amide bonds. The van der Waals surface area contributed by atoms with Crippen LogP contribution >= 0.6 is 0 Å². The Morgan fingerprint density at radius 3 is 0.827 bits per heavy atom. The first-order valence-electron chi connectivity index (χ1n) is 32.1. The second kappa shape index (κ2) is 37.3. The van der Waals surface area contributed by atoms with Crippen LogP contribution in [0.3, 0.4) is 0 Å². The third kappa shape index (κ3) is 22.1. The molecule has 4 heterocycles. The van der Waals surface area contributed by atoms with Crippen molar-refractivity contribution in [2.45, 2.75) is 204 Å². The van der Waals surface area contributed by atoms with Crippen molar-refractivity contribution in [3.8, 4) is 0 Å². The summed E-state index contributed by atoms with van der Waals surface area (Å²) in [5.74, 6) is -6.13. The van der Waals surface area contributed by atoms with E-state index in [9.17, 15) is 43.5 Å². The topological polar surface area (TPSA) is 353 Å². The Kier molecular flexibility index (Phi) is 28.9. The van der Waals surface area contributed by atoms with Gasteiger partial charge in [-0.05, 0) is 22.3 Å². The molecule has 0 radical (unpaired) electrons. The molecular weight excluding hydrogens is 1280 g/mol. The normalized spacial score (nSPS) is 29.9. The van der Waals surface area contributed by atoms with E-state index >= 15 is 0 Å². The summed E-state index contributed by atoms with van der Waals surface area (Å²) in [6.07, 6.45) is -24.5. The number of hydrogen-bond donors (Lipinski definition) is 5. The van der Waals surface area contributed by atoms with Crippen molar-refractivity contribution in [3.05, 3.63) is 144 Å². The van der Waals surface area contributed by atoms with Gasteiger partial charge in [0.1, 0.15) is 73.0 Å². The first-order chi connectivity index (χ1) is 47.0. The van der Waals surface area contributed by atoms with Gasteiger partial charge in [-0.2, -0.15) is 0 Å². The van der Waals surface area contributed by atoms with Gasteiger partial charge in [0.2, 0.25) is 23.6 Å². The molecule has 534 valence electrons. The van der Waals surface area contributed by atoms with E-state index in [0.717, 1.165) is 37.5 Å². The molecule has 5 N–H and O–H groups in total. The lowest BCUT2D eigenvalue weighted by atomic mass is 9.92. The molecule has 4 aromatic rings. The number of ether oxygens (including phenoxy) is 16. The quantitative estimate of drug-likeness (QED) is 0.0357. The van der Waals surface area contributed by atoms with E-state index in [2.05, 4.69) is 21.3 Å². The number of methoxy groups -OCH3 is 1. The minimum absolute atomic E-state index is 0.0217. The highest BCUT2D eigenvalue weighted by Gasteiger charge is 2.59. The van der Waals surface area contributed by atoms with E-state index < -0.39 is 183 Å². The van der Waals surface area contributed by atoms with Crippen LogP contribution in [0, 0.1) is 0 Å². The summed E-state index contributed by atoms with van der Waals surface area (Å²) in [4.78, 5) is 107. The van der Waals surface area contributed by atoms with Gasteiger partial charge in [-0.15, -0.1) is 0 Å². The summed E-state index contributed by atoms with van der Waals surface area (Å²) >= 11 is 0. The first kappa shape index (κ1) is 75.9. The van der Waals surface area contributed by atoms with Gasteiger partial charge < -0.3 is 102 Å². The van der Waals surface area contributed by atoms with Crippen LogP contribution in [0.2, 0.25) is 0 Å². The fourth-order valence-corrected chi connectivity index (χ4v) is 12.1. The van der Waals surface area contributed by atoms with Crippen molar-refractivity contribution in [3.63, 3.8) is 0 Å². The van der Waals surface area contributed by atoms with Crippen LogP contribution in [-0.4, -0.2) is 209 Å². The Morgan fingerprint density at radius 1 is 0.337 bits per heavy atom. The van der Waals surface area contributed by atoms with Crippen molar-refractivity contribution in [1.29, 1.82) is 0 Å². The lowest BCUT2D eigenvalue weighted by Gasteiger charge is -2.52. The summed E-state index contributed by atoms with van der Waals surface area (Å²) in [6, 6.07) is 30.3. The molecule has 4 aromatic carbocycles. The predicted octanol–water partition coefficient (Wildman–Crippen LogP) is 2.66. The zero-order valence-corrected chi connectivity index (χ0v) is 56.0. The summed E-state index contributed by atoms with van der Waals surface area (Å²) in [6.45, 7) is 7.97. The monoisotopic (exact) mass is 1370 g/mol. The number of carbonyl (C=O) groups excluding carboxylic acids is 8. The summed E-state index contributed by atoms with van der Waals surface area (Å²) < 4.78 is 103. The summed E-state index contributed by atoms with van der Waals surface area (Å²) in [5, 5.41) is 22.5. The molecule has 20 atom stereocenters. The lowest BCUT2D eigenvalue weighted by molar-refractivity contribution is -0.364. The molecule has 0 aromatic heterocycles. The largest absolute Gasteiger partial charge is 0.457 e. The van der Waals surface area contributed by atoms with Gasteiger partial charge in [0.25, 0.3) is 0 Å². The van der Waals surface area contributed by atoms with E-state index in [-0.39, 0.29) is 39.6 Å². The first-order valence-corrected chi connectivity index (χ1v) is 32.1. The molecule has 4 aliphatic heterocycles. The van der Waals surface area contributed by atoms with E-state index in [4.69, 9.17) is 75.8 Å². The van der Waals surface area contributed by atoms with Crippen LogP contribution in [0.1, 0.15) is 77.6 Å². The average Bonchev–Trinajstić information content (AvgIpc) is 0.764. The van der Waals surface area contributed by atoms with Crippen LogP contribution in [-0.2, 0) is 141 Å². The smallest absolute Gasteiger partial charge is 0.303 e. The zero-order valence-electron chi connectivity index (χ0n) is 56.0. The maximum Gasteiger partial charge on any atom is 0.303 e. The van der Waals surface area contributed by atoms with Crippen molar-refractivity contribution in [1.82, 2.24) is 21.3 Å². The highest BCUT2D eigenvalue weighted by Crippen LogP contribution is 2.38. The van der Waals surface area contributed by atoms with Gasteiger partial charge in [0, 0.05) is 62.5 Å². The van der Waals surface area contributed by atoms with E-state index in [0.29, 0.717) is 5.56 Å². The minimum atomic E-state index is -1.82. The van der Waals surface area contributed by atoms with Crippen LogP contribution in [0.5, 0.6) is 0 Å². The fraction of sp³-hybridized carbons (Fsp3) is 0.536. The maximum absolute atomic E-state index is 13.8. The third-order valence-electron chi connectivity index (χ3n) is 16.0. The maximum atomic E-state index is 13.8. The van der Waals surface area contributed by atoms with Gasteiger partial charge in [-0.3, -0.25) is 38.4 Å². The van der Waals surface area contributed by atoms with E-state index in [1.807, 2.05) is 84.9 Å². The van der Waals surface area contributed by atoms with Gasteiger partial charge in [0.05, 0.1) is 52.9 Å². The zero-order chi connectivity index (χ0) is 70.4. The molecule has 4 fully saturated rings. The molecule has 0 spiro atoms. The number of aliphatic hydroxyl groups excluding tert-OH is 1. The van der Waals surface area contributed by atoms with E-state index in [1.54, 1.807) is 36.4 Å². The molecule has 0 saturated carbocycles. The second-order valence-electron chi connectivity index (χ2n) is 23.9. The van der Waals surface area contributed by atoms with Crippen molar-refractivity contribution < 1.29 is 119 Å². The molecule has 8 rings (SSSR count). The molecule has 0 aliphatic carbocycles. The highest BCUT2D eigenvalue weighted by molar-refractivity contribution is 5.75. The summed E-state index contributed by atoms with van der Waals surface area (Å²) in [7, 11) is 1.36. The minimum Gasteiger partial charge on any atom is -0.457 e. The SMILES string of the molecule is CO[C@@H]1[C@H](OC(C)=O)[C@@H](NC(C)=O)[C@@H](O[C@@H]2[C@H](OC(C)=O)[C@@H](NC(C)=O)[C@@H](O[C@@H]3[C@H](OC(C)=O)[C@@H](NC(C)=O)[C@@H](O[C@@H]4[C@H](OC(C)=O)[C@@H](NC(C)=O)[C@@H](O)O[C@@H]4COCc4ccccc4)O[C@@H]3COCc3ccccc3)O[C@@H]2COCc2ccccc2)O[C@@H]1COCc1ccccc1. The van der Waals surface area contributed by atoms with Crippen LogP contribution in [0.4, 0.5) is 0 Å². The van der Waals surface area contributed by atoms with Crippen LogP contribution < -0.4 is 21.3 Å². The van der Waals surface area contributed by atoms with Crippen molar-refractivity contribution >= 4 is 47.5 Å². The molecule has 29 nitrogen and oxygen atoms in total. The van der Waals surface area contributed by atoms with Gasteiger partial charge in [-0.25, -0.2) is 0 Å². The van der Waals surface area contributed by atoms with E-state index in [1.165, 1.54) is 41.7 Å². The highest BCUT2D eigenvalue weighted by atomic mass is 16.8.